The van der Waals surface area contributed by atoms with Crippen LogP contribution in [0.4, 0.5) is 0 Å². The molecule has 4 aliphatic carbocycles. The molecular weight excluding hydrogens is 444 g/mol. The molecule has 3 heteroatoms. The van der Waals surface area contributed by atoms with E-state index in [-0.39, 0.29) is 0 Å². The first-order chi connectivity index (χ1) is 16.2. The Hall–Kier alpha value is -0.123. The van der Waals surface area contributed by atoms with Gasteiger partial charge in [0.2, 0.25) is 0 Å². The smallest absolute Gasteiger partial charge is 0.192 e. The summed E-state index contributed by atoms with van der Waals surface area (Å²) in [6, 6.07) is 0. The third-order valence-electron chi connectivity index (χ3n) is 12.0. The number of rotatable bonds is 7. The largest absolute Gasteiger partial charge is 0.414 e. The minimum Gasteiger partial charge on any atom is -0.414 e. The molecule has 35 heavy (non-hydrogen) atoms. The summed E-state index contributed by atoms with van der Waals surface area (Å²) in [6.07, 6.45) is 15.5. The van der Waals surface area contributed by atoms with Crippen LogP contribution in [-0.2, 0) is 9.16 Å². The van der Waals surface area contributed by atoms with Gasteiger partial charge in [0.05, 0.1) is 6.10 Å². The molecule has 0 spiro atoms. The van der Waals surface area contributed by atoms with Gasteiger partial charge in [0, 0.05) is 12.7 Å². The molecule has 0 aromatic heterocycles. The molecule has 0 aromatic rings. The average Bonchev–Trinajstić information content (AvgIpc) is 3.10. The Balaban J connectivity index is 1.45. The van der Waals surface area contributed by atoms with Gasteiger partial charge >= 0.3 is 0 Å². The molecule has 0 N–H and O–H groups in total. The van der Waals surface area contributed by atoms with E-state index >= 15 is 0 Å². The van der Waals surface area contributed by atoms with Crippen molar-refractivity contribution in [3.05, 3.63) is 11.6 Å². The zero-order chi connectivity index (χ0) is 25.8. The van der Waals surface area contributed by atoms with Gasteiger partial charge in [-0.3, -0.25) is 0 Å². The van der Waals surface area contributed by atoms with Crippen molar-refractivity contribution < 1.29 is 9.16 Å². The van der Waals surface area contributed by atoms with E-state index in [2.05, 4.69) is 74.6 Å². The Kier molecular flexibility index (Phi) is 7.88. The van der Waals surface area contributed by atoms with E-state index < -0.39 is 8.32 Å². The van der Waals surface area contributed by atoms with Gasteiger partial charge in [-0.2, -0.15) is 0 Å². The lowest BCUT2D eigenvalue weighted by Gasteiger charge is -2.58. The van der Waals surface area contributed by atoms with Crippen LogP contribution in [0, 0.1) is 40.4 Å². The normalized spacial score (nSPS) is 40.7. The van der Waals surface area contributed by atoms with Crippen LogP contribution in [0.15, 0.2) is 11.6 Å². The monoisotopic (exact) mass is 502 g/mol. The number of hydrogen-bond acceptors (Lipinski definition) is 2. The van der Waals surface area contributed by atoms with Gasteiger partial charge in [0.1, 0.15) is 0 Å². The van der Waals surface area contributed by atoms with Crippen LogP contribution < -0.4 is 0 Å². The second-order valence-corrected chi connectivity index (χ2v) is 20.2. The van der Waals surface area contributed by atoms with Crippen LogP contribution >= 0.6 is 0 Å². The van der Waals surface area contributed by atoms with Crippen LogP contribution in [0.1, 0.15) is 113 Å². The van der Waals surface area contributed by atoms with Crippen LogP contribution in [0.2, 0.25) is 18.1 Å². The van der Waals surface area contributed by atoms with Crippen LogP contribution in [-0.4, -0.2) is 27.1 Å². The molecule has 4 rings (SSSR count). The van der Waals surface area contributed by atoms with Gasteiger partial charge < -0.3 is 9.16 Å². The van der Waals surface area contributed by atoms with Gasteiger partial charge in [-0.15, -0.1) is 0 Å². The van der Waals surface area contributed by atoms with Crippen molar-refractivity contribution in [2.45, 2.75) is 144 Å². The standard InChI is InChI=1S/C32H58O2Si/c1-22(2)17-20-33-23(3)27-13-14-28-26-12-11-24-21-25(34-35(9,10)30(4,5)6)15-18-31(24,7)29(26)16-19-32(27,28)8/h11,22-23,25-29H,12-21H2,1-10H3/t23-,25-,26-,27+,28-,29-,31-,32+/m0/s1. The lowest BCUT2D eigenvalue weighted by molar-refractivity contribution is -0.0815. The van der Waals surface area contributed by atoms with E-state index in [1.807, 2.05) is 0 Å². The van der Waals surface area contributed by atoms with E-state index in [1.54, 1.807) is 5.57 Å². The highest BCUT2D eigenvalue weighted by Crippen LogP contribution is 2.67. The first-order valence-electron chi connectivity index (χ1n) is 15.2. The first-order valence-corrected chi connectivity index (χ1v) is 18.1. The highest BCUT2D eigenvalue weighted by atomic mass is 28.4. The predicted octanol–water partition coefficient (Wildman–Crippen LogP) is 9.41. The summed E-state index contributed by atoms with van der Waals surface area (Å²) >= 11 is 0. The average molecular weight is 503 g/mol. The minimum absolute atomic E-state index is 0.294. The summed E-state index contributed by atoms with van der Waals surface area (Å²) in [5, 5.41) is 0.294. The molecule has 3 fully saturated rings. The number of hydrogen-bond donors (Lipinski definition) is 0. The highest BCUT2D eigenvalue weighted by Gasteiger charge is 2.59. The maximum Gasteiger partial charge on any atom is 0.192 e. The quantitative estimate of drug-likeness (QED) is 0.255. The van der Waals surface area contributed by atoms with Gasteiger partial charge in [0.25, 0.3) is 0 Å². The number of fused-ring (bicyclic) bond motifs is 5. The molecule has 202 valence electrons. The molecule has 0 amide bonds. The summed E-state index contributed by atoms with van der Waals surface area (Å²) < 4.78 is 13.4. The fourth-order valence-corrected chi connectivity index (χ4v) is 10.1. The summed E-state index contributed by atoms with van der Waals surface area (Å²) in [4.78, 5) is 0. The van der Waals surface area contributed by atoms with Crippen molar-refractivity contribution >= 4 is 8.32 Å². The summed E-state index contributed by atoms with van der Waals surface area (Å²) in [6.45, 7) is 25.2. The fourth-order valence-electron chi connectivity index (χ4n) is 8.74. The van der Waals surface area contributed by atoms with Gasteiger partial charge in [-0.1, -0.05) is 60.1 Å². The zero-order valence-corrected chi connectivity index (χ0v) is 26.0. The molecule has 0 heterocycles. The Morgan fingerprint density at radius 2 is 1.71 bits per heavy atom. The van der Waals surface area contributed by atoms with Crippen molar-refractivity contribution in [2.75, 3.05) is 6.61 Å². The summed E-state index contributed by atoms with van der Waals surface area (Å²) in [7, 11) is -1.71. The molecule has 0 aromatic carbocycles. The van der Waals surface area contributed by atoms with Crippen LogP contribution in [0.3, 0.4) is 0 Å². The van der Waals surface area contributed by atoms with Crippen molar-refractivity contribution in [2.24, 2.45) is 40.4 Å². The third kappa shape index (κ3) is 5.13. The second kappa shape index (κ2) is 9.88. The molecule has 8 atom stereocenters. The van der Waals surface area contributed by atoms with Crippen molar-refractivity contribution in [1.29, 1.82) is 0 Å². The van der Waals surface area contributed by atoms with Crippen LogP contribution in [0.25, 0.3) is 0 Å². The Labute approximate surface area is 219 Å². The molecule has 4 aliphatic rings. The van der Waals surface area contributed by atoms with Gasteiger partial charge in [0.15, 0.2) is 8.32 Å². The molecule has 0 aliphatic heterocycles. The van der Waals surface area contributed by atoms with Gasteiger partial charge in [-0.25, -0.2) is 0 Å². The molecular formula is C32H58O2Si. The van der Waals surface area contributed by atoms with Crippen LogP contribution in [0.5, 0.6) is 0 Å². The SMILES string of the molecule is CC(C)CCO[C@@H](C)[C@H]1CC[C@H]2[C@@H]3CC=C4C[C@@H](O[Si](C)(C)C(C)(C)C)CC[C@]4(C)[C@H]3CC[C@]12C. The lowest BCUT2D eigenvalue weighted by Crippen LogP contribution is -2.52. The maximum absolute atomic E-state index is 6.93. The molecule has 2 nitrogen and oxygen atoms in total. The highest BCUT2D eigenvalue weighted by molar-refractivity contribution is 6.74. The Morgan fingerprint density at radius 1 is 1.00 bits per heavy atom. The molecule has 0 saturated heterocycles. The van der Waals surface area contributed by atoms with E-state index in [0.29, 0.717) is 28.1 Å². The van der Waals surface area contributed by atoms with E-state index in [0.717, 1.165) is 36.2 Å². The van der Waals surface area contributed by atoms with Gasteiger partial charge in [-0.05, 0) is 123 Å². The maximum atomic E-state index is 6.93. The number of allylic oxidation sites excluding steroid dienone is 1. The van der Waals surface area contributed by atoms with E-state index in [1.165, 1.54) is 57.8 Å². The van der Waals surface area contributed by atoms with Crippen molar-refractivity contribution in [1.82, 2.24) is 0 Å². The third-order valence-corrected chi connectivity index (χ3v) is 16.6. The Bertz CT molecular complexity index is 779. The summed E-state index contributed by atoms with van der Waals surface area (Å²) in [5.41, 5.74) is 2.65. The Morgan fingerprint density at radius 3 is 2.37 bits per heavy atom. The topological polar surface area (TPSA) is 18.5 Å². The van der Waals surface area contributed by atoms with E-state index in [4.69, 9.17) is 9.16 Å². The lowest BCUT2D eigenvalue weighted by atomic mass is 9.47. The summed E-state index contributed by atoms with van der Waals surface area (Å²) in [5.74, 6) is 4.13. The first kappa shape index (κ1) is 27.9. The molecule has 0 radical (unpaired) electrons. The molecule has 0 unspecified atom stereocenters. The predicted molar refractivity (Wildman–Crippen MR) is 152 cm³/mol. The van der Waals surface area contributed by atoms with Crippen molar-refractivity contribution in [3.63, 3.8) is 0 Å². The fraction of sp³-hybridized carbons (Fsp3) is 0.938. The number of ether oxygens (including phenoxy) is 1. The van der Waals surface area contributed by atoms with E-state index in [9.17, 15) is 0 Å². The van der Waals surface area contributed by atoms with Crippen molar-refractivity contribution in [3.8, 4) is 0 Å². The minimum atomic E-state index is -1.71. The molecule has 3 saturated carbocycles. The zero-order valence-electron chi connectivity index (χ0n) is 25.0. The molecule has 0 bridgehead atoms. The second-order valence-electron chi connectivity index (χ2n) is 15.5.